The van der Waals surface area contributed by atoms with Gasteiger partial charge in [-0.2, -0.15) is 4.68 Å². The van der Waals surface area contributed by atoms with E-state index in [2.05, 4.69) is 20.5 Å². The summed E-state index contributed by atoms with van der Waals surface area (Å²) >= 11 is 0. The second-order valence-corrected chi connectivity index (χ2v) is 5.83. The molecule has 1 saturated heterocycles. The van der Waals surface area contributed by atoms with Gasteiger partial charge < -0.3 is 14.8 Å². The minimum Gasteiger partial charge on any atom is -0.497 e. The summed E-state index contributed by atoms with van der Waals surface area (Å²) < 4.78 is 12.2. The smallest absolute Gasteiger partial charge is 0.183 e. The molecule has 2 heterocycles. The van der Waals surface area contributed by atoms with Crippen molar-refractivity contribution in [1.29, 1.82) is 0 Å². The van der Waals surface area contributed by atoms with Gasteiger partial charge in [0, 0.05) is 33.1 Å². The fourth-order valence-electron chi connectivity index (χ4n) is 2.74. The van der Waals surface area contributed by atoms with Crippen LogP contribution in [0.15, 0.2) is 24.3 Å². The highest BCUT2D eigenvalue weighted by molar-refractivity contribution is 5.96. The van der Waals surface area contributed by atoms with Crippen molar-refractivity contribution in [1.82, 2.24) is 19.9 Å². The van der Waals surface area contributed by atoms with E-state index in [1.165, 1.54) is 6.92 Å². The first-order valence-corrected chi connectivity index (χ1v) is 8.34. The van der Waals surface area contributed by atoms with Crippen LogP contribution in [0.1, 0.15) is 17.4 Å². The number of Topliss-reactive ketones (excluding diaryl/α,β-unsaturated/α-hetero) is 1. The van der Waals surface area contributed by atoms with E-state index < -0.39 is 0 Å². The summed E-state index contributed by atoms with van der Waals surface area (Å²) in [6, 6.07) is 7.46. The Labute approximate surface area is 146 Å². The highest BCUT2D eigenvalue weighted by Gasteiger charge is 2.18. The molecule has 1 aromatic carbocycles. The fraction of sp³-hybridized carbons (Fsp3) is 0.471. The number of anilines is 1. The molecule has 0 spiro atoms. The molecule has 0 bridgehead atoms. The first-order valence-electron chi connectivity index (χ1n) is 8.34. The molecule has 0 radical (unpaired) electrons. The maximum atomic E-state index is 11.9. The number of hydrogen-bond donors (Lipinski definition) is 1. The van der Waals surface area contributed by atoms with E-state index in [0.717, 1.165) is 44.3 Å². The maximum Gasteiger partial charge on any atom is 0.183 e. The quantitative estimate of drug-likeness (QED) is 0.756. The van der Waals surface area contributed by atoms with Gasteiger partial charge in [0.05, 0.1) is 26.0 Å². The number of morpholine rings is 1. The molecule has 0 amide bonds. The van der Waals surface area contributed by atoms with Gasteiger partial charge in [-0.1, -0.05) is 5.21 Å². The van der Waals surface area contributed by atoms with Crippen LogP contribution in [0.4, 0.5) is 5.82 Å². The fourth-order valence-corrected chi connectivity index (χ4v) is 2.74. The average Bonchev–Trinajstić information content (AvgIpc) is 3.07. The Morgan fingerprint density at radius 1 is 1.28 bits per heavy atom. The first kappa shape index (κ1) is 17.4. The molecule has 0 unspecified atom stereocenters. The van der Waals surface area contributed by atoms with Crippen molar-refractivity contribution in [3.63, 3.8) is 0 Å². The Morgan fingerprint density at radius 2 is 2.00 bits per heavy atom. The van der Waals surface area contributed by atoms with Crippen molar-refractivity contribution >= 4 is 11.6 Å². The number of benzene rings is 1. The molecule has 3 rings (SSSR count). The summed E-state index contributed by atoms with van der Waals surface area (Å²) in [4.78, 5) is 14.2. The van der Waals surface area contributed by atoms with Crippen molar-refractivity contribution in [3.05, 3.63) is 30.0 Å². The maximum absolute atomic E-state index is 11.9. The lowest BCUT2D eigenvalue weighted by Gasteiger charge is -2.26. The monoisotopic (exact) mass is 345 g/mol. The number of carbonyl (C=O) groups excluding carboxylic acids is 1. The number of carbonyl (C=O) groups is 1. The highest BCUT2D eigenvalue weighted by Crippen LogP contribution is 2.21. The van der Waals surface area contributed by atoms with Gasteiger partial charge in [0.25, 0.3) is 0 Å². The predicted molar refractivity (Wildman–Crippen MR) is 93.7 cm³/mol. The molecule has 1 fully saturated rings. The van der Waals surface area contributed by atoms with Gasteiger partial charge in [0.15, 0.2) is 17.3 Å². The summed E-state index contributed by atoms with van der Waals surface area (Å²) in [7, 11) is 1.62. The van der Waals surface area contributed by atoms with Crippen molar-refractivity contribution in [2.24, 2.45) is 0 Å². The van der Waals surface area contributed by atoms with E-state index >= 15 is 0 Å². The van der Waals surface area contributed by atoms with Gasteiger partial charge in [-0.25, -0.2) is 0 Å². The number of rotatable bonds is 7. The predicted octanol–water partition coefficient (Wildman–Crippen LogP) is 1.22. The molecule has 2 aromatic rings. The summed E-state index contributed by atoms with van der Waals surface area (Å²) in [6.45, 7) is 6.45. The lowest BCUT2D eigenvalue weighted by Crippen LogP contribution is -2.39. The number of nitrogens with one attached hydrogen (secondary N) is 1. The number of aromatic nitrogens is 3. The first-order chi connectivity index (χ1) is 12.2. The Hall–Kier alpha value is -2.45. The number of ether oxygens (including phenoxy) is 2. The molecule has 0 atom stereocenters. The Balaban J connectivity index is 1.75. The molecular weight excluding hydrogens is 322 g/mol. The van der Waals surface area contributed by atoms with Gasteiger partial charge in [-0.05, 0) is 24.3 Å². The molecule has 1 aliphatic heterocycles. The van der Waals surface area contributed by atoms with Gasteiger partial charge in [0.1, 0.15) is 5.75 Å². The van der Waals surface area contributed by atoms with Crippen molar-refractivity contribution in [2.45, 2.75) is 6.92 Å². The molecule has 25 heavy (non-hydrogen) atoms. The molecule has 1 N–H and O–H groups in total. The largest absolute Gasteiger partial charge is 0.497 e. The molecule has 134 valence electrons. The van der Waals surface area contributed by atoms with E-state index in [9.17, 15) is 4.79 Å². The van der Waals surface area contributed by atoms with Gasteiger partial charge in [-0.15, -0.1) is 5.10 Å². The minimum absolute atomic E-state index is 0.117. The van der Waals surface area contributed by atoms with Crippen molar-refractivity contribution in [2.75, 3.05) is 51.8 Å². The molecule has 0 saturated carbocycles. The minimum atomic E-state index is -0.117. The van der Waals surface area contributed by atoms with Crippen molar-refractivity contribution in [3.8, 4) is 11.4 Å². The van der Waals surface area contributed by atoms with Crippen LogP contribution < -0.4 is 10.1 Å². The average molecular weight is 345 g/mol. The van der Waals surface area contributed by atoms with Crippen LogP contribution in [-0.2, 0) is 4.74 Å². The third kappa shape index (κ3) is 4.15. The Bertz CT molecular complexity index is 708. The number of hydrogen-bond acceptors (Lipinski definition) is 7. The molecule has 1 aromatic heterocycles. The normalized spacial score (nSPS) is 15.1. The van der Waals surface area contributed by atoms with Crippen LogP contribution in [0.3, 0.4) is 0 Å². The highest BCUT2D eigenvalue weighted by atomic mass is 16.5. The van der Waals surface area contributed by atoms with Crippen molar-refractivity contribution < 1.29 is 14.3 Å². The summed E-state index contributed by atoms with van der Waals surface area (Å²) in [5.41, 5.74) is 1.16. The summed E-state index contributed by atoms with van der Waals surface area (Å²) in [5, 5.41) is 11.5. The number of methoxy groups -OCH3 is 1. The standard InChI is InChI=1S/C17H23N5O3/c1-13(23)16-17(18-7-8-21-9-11-25-12-10-21)22(20-19-16)14-3-5-15(24-2)6-4-14/h3-6,18H,7-12H2,1-2H3. The van der Waals surface area contributed by atoms with Gasteiger partial charge >= 0.3 is 0 Å². The van der Waals surface area contributed by atoms with Crippen LogP contribution >= 0.6 is 0 Å². The SMILES string of the molecule is COc1ccc(-n2nnc(C(C)=O)c2NCCN2CCOCC2)cc1. The Kier molecular flexibility index (Phi) is 5.62. The zero-order valence-electron chi connectivity index (χ0n) is 14.6. The molecule has 1 aliphatic rings. The molecule has 8 nitrogen and oxygen atoms in total. The van der Waals surface area contributed by atoms with Crippen LogP contribution in [-0.4, -0.2) is 72.2 Å². The third-order valence-electron chi connectivity index (χ3n) is 4.14. The number of nitrogens with zero attached hydrogens (tertiary/aromatic N) is 4. The Morgan fingerprint density at radius 3 is 2.64 bits per heavy atom. The van der Waals surface area contributed by atoms with Crippen LogP contribution in [0.25, 0.3) is 5.69 Å². The van der Waals surface area contributed by atoms with Gasteiger partial charge in [0.2, 0.25) is 0 Å². The summed E-state index contributed by atoms with van der Waals surface area (Å²) in [5.74, 6) is 1.26. The van der Waals surface area contributed by atoms with E-state index in [1.807, 2.05) is 24.3 Å². The molecule has 0 aliphatic carbocycles. The number of ketones is 1. The van der Waals surface area contributed by atoms with Crippen LogP contribution in [0.5, 0.6) is 5.75 Å². The van der Waals surface area contributed by atoms with E-state index in [1.54, 1.807) is 11.8 Å². The lowest BCUT2D eigenvalue weighted by molar-refractivity contribution is 0.0398. The lowest BCUT2D eigenvalue weighted by atomic mass is 10.2. The zero-order chi connectivity index (χ0) is 17.6. The third-order valence-corrected chi connectivity index (χ3v) is 4.14. The molecular formula is C17H23N5O3. The van der Waals surface area contributed by atoms with E-state index in [0.29, 0.717) is 18.1 Å². The van der Waals surface area contributed by atoms with E-state index in [-0.39, 0.29) is 5.78 Å². The summed E-state index contributed by atoms with van der Waals surface area (Å²) in [6.07, 6.45) is 0. The van der Waals surface area contributed by atoms with Crippen LogP contribution in [0.2, 0.25) is 0 Å². The second-order valence-electron chi connectivity index (χ2n) is 5.83. The zero-order valence-corrected chi connectivity index (χ0v) is 14.6. The van der Waals surface area contributed by atoms with Gasteiger partial charge in [-0.3, -0.25) is 9.69 Å². The van der Waals surface area contributed by atoms with E-state index in [4.69, 9.17) is 9.47 Å². The second kappa shape index (κ2) is 8.09. The topological polar surface area (TPSA) is 81.5 Å². The molecule has 8 heteroatoms. The van der Waals surface area contributed by atoms with Crippen LogP contribution in [0, 0.1) is 0 Å².